The molecule has 0 heterocycles. The maximum absolute atomic E-state index is 11.5. The van der Waals surface area contributed by atoms with Crippen LogP contribution in [0.3, 0.4) is 0 Å². The number of hydrogen-bond donors (Lipinski definition) is 0. The van der Waals surface area contributed by atoms with Gasteiger partial charge in [0, 0.05) is 6.54 Å². The van der Waals surface area contributed by atoms with Crippen molar-refractivity contribution in [3.63, 3.8) is 0 Å². The van der Waals surface area contributed by atoms with Gasteiger partial charge in [0.25, 0.3) is 0 Å². The minimum Gasteiger partial charge on any atom is -0.212 e. The van der Waals surface area contributed by atoms with Crippen LogP contribution >= 0.6 is 0 Å². The molecule has 0 radical (unpaired) electrons. The Morgan fingerprint density at radius 3 is 2.18 bits per heavy atom. The lowest BCUT2D eigenvalue weighted by Crippen LogP contribution is -2.29. The van der Waals surface area contributed by atoms with Crippen LogP contribution in [0.5, 0.6) is 0 Å². The molecule has 0 saturated carbocycles. The Morgan fingerprint density at radius 2 is 1.76 bits per heavy atom. The number of aryl methyl sites for hydroxylation is 1. The molecule has 3 nitrogen and oxygen atoms in total. The monoisotopic (exact) mass is 251 g/mol. The van der Waals surface area contributed by atoms with Crippen molar-refractivity contribution in [1.29, 1.82) is 0 Å². The minimum absolute atomic E-state index is 0.106. The molecular formula is C13H17NO2S. The molecule has 0 spiro atoms. The second-order valence-electron chi connectivity index (χ2n) is 3.91. The van der Waals surface area contributed by atoms with E-state index in [4.69, 9.17) is 6.42 Å². The van der Waals surface area contributed by atoms with Crippen LogP contribution in [-0.2, 0) is 23.0 Å². The van der Waals surface area contributed by atoms with Crippen LogP contribution in [0.2, 0.25) is 0 Å². The van der Waals surface area contributed by atoms with E-state index in [9.17, 15) is 8.42 Å². The zero-order chi connectivity index (χ0) is 12.9. The Balaban J connectivity index is 2.83. The van der Waals surface area contributed by atoms with Gasteiger partial charge in [0.1, 0.15) is 0 Å². The van der Waals surface area contributed by atoms with Gasteiger partial charge in [0.05, 0.1) is 12.8 Å². The maximum atomic E-state index is 11.5. The molecule has 0 fully saturated rings. The van der Waals surface area contributed by atoms with Crippen LogP contribution in [0.4, 0.5) is 0 Å². The third kappa shape index (κ3) is 4.22. The highest BCUT2D eigenvalue weighted by Gasteiger charge is 2.15. The Hall–Kier alpha value is -1.31. The Morgan fingerprint density at radius 1 is 1.24 bits per heavy atom. The molecule has 0 aliphatic carbocycles. The molecule has 0 saturated heterocycles. The lowest BCUT2D eigenvalue weighted by Gasteiger charge is -2.17. The van der Waals surface area contributed by atoms with Crippen LogP contribution in [-0.4, -0.2) is 25.5 Å². The van der Waals surface area contributed by atoms with Gasteiger partial charge in [-0.1, -0.05) is 37.1 Å². The molecule has 1 aromatic carbocycles. The molecule has 1 aromatic rings. The molecule has 0 bridgehead atoms. The zero-order valence-corrected chi connectivity index (χ0v) is 11.0. The molecule has 0 aliphatic rings. The average Bonchev–Trinajstić information content (AvgIpc) is 2.28. The van der Waals surface area contributed by atoms with E-state index in [1.54, 1.807) is 0 Å². The molecule has 0 aliphatic heterocycles. The van der Waals surface area contributed by atoms with Crippen molar-refractivity contribution in [2.24, 2.45) is 0 Å². The summed E-state index contributed by atoms with van der Waals surface area (Å²) in [6.07, 6.45) is 7.31. The predicted molar refractivity (Wildman–Crippen MR) is 69.9 cm³/mol. The summed E-state index contributed by atoms with van der Waals surface area (Å²) in [5, 5.41) is 0. The van der Waals surface area contributed by atoms with Crippen LogP contribution in [0.25, 0.3) is 0 Å². The number of hydrogen-bond acceptors (Lipinski definition) is 2. The second kappa shape index (κ2) is 5.85. The van der Waals surface area contributed by atoms with Crippen molar-refractivity contribution in [1.82, 2.24) is 4.31 Å². The molecule has 4 heteroatoms. The number of sulfonamides is 1. The molecule has 0 aromatic heterocycles. The van der Waals surface area contributed by atoms with E-state index < -0.39 is 10.0 Å². The summed E-state index contributed by atoms with van der Waals surface area (Å²) in [6.45, 7) is 2.51. The third-order valence-corrected chi connectivity index (χ3v) is 3.72. The van der Waals surface area contributed by atoms with Gasteiger partial charge in [0.2, 0.25) is 10.0 Å². The number of benzene rings is 1. The normalized spacial score (nSPS) is 11.4. The van der Waals surface area contributed by atoms with Crippen molar-refractivity contribution in [3.05, 3.63) is 35.4 Å². The maximum Gasteiger partial charge on any atom is 0.212 e. The third-order valence-electron chi connectivity index (χ3n) is 2.53. The van der Waals surface area contributed by atoms with Gasteiger partial charge in [-0.2, -0.15) is 4.31 Å². The molecular weight excluding hydrogens is 234 g/mol. The lowest BCUT2D eigenvalue weighted by atomic mass is 10.1. The quantitative estimate of drug-likeness (QED) is 0.746. The van der Waals surface area contributed by atoms with E-state index in [1.165, 1.54) is 16.1 Å². The van der Waals surface area contributed by atoms with Gasteiger partial charge in [-0.15, -0.1) is 6.42 Å². The smallest absolute Gasteiger partial charge is 0.212 e. The summed E-state index contributed by atoms with van der Waals surface area (Å²) in [4.78, 5) is 0. The molecule has 17 heavy (non-hydrogen) atoms. The van der Waals surface area contributed by atoms with Crippen LogP contribution in [0.1, 0.15) is 18.1 Å². The second-order valence-corrected chi connectivity index (χ2v) is 5.89. The van der Waals surface area contributed by atoms with E-state index in [-0.39, 0.29) is 6.54 Å². The first-order valence-corrected chi connectivity index (χ1v) is 7.28. The molecule has 0 unspecified atom stereocenters. The van der Waals surface area contributed by atoms with Gasteiger partial charge in [-0.05, 0) is 17.5 Å². The number of nitrogens with zero attached hydrogens (tertiary/aromatic N) is 1. The predicted octanol–water partition coefficient (Wildman–Crippen LogP) is 1.64. The molecule has 0 atom stereocenters. The highest BCUT2D eigenvalue weighted by Crippen LogP contribution is 2.10. The molecule has 0 amide bonds. The fourth-order valence-electron chi connectivity index (χ4n) is 1.48. The SMILES string of the molecule is C#CCN(Cc1ccc(CC)cc1)S(C)(=O)=O. The summed E-state index contributed by atoms with van der Waals surface area (Å²) in [5.41, 5.74) is 2.18. The lowest BCUT2D eigenvalue weighted by molar-refractivity contribution is 0.447. The average molecular weight is 251 g/mol. The first-order valence-electron chi connectivity index (χ1n) is 5.43. The van der Waals surface area contributed by atoms with Gasteiger partial charge in [-0.3, -0.25) is 0 Å². The van der Waals surface area contributed by atoms with Crippen LogP contribution in [0.15, 0.2) is 24.3 Å². The van der Waals surface area contributed by atoms with Crippen molar-refractivity contribution < 1.29 is 8.42 Å². The fraction of sp³-hybridized carbons (Fsp3) is 0.385. The van der Waals surface area contributed by atoms with Crippen LogP contribution < -0.4 is 0 Å². The van der Waals surface area contributed by atoms with Gasteiger partial charge < -0.3 is 0 Å². The van der Waals surface area contributed by atoms with E-state index in [0.29, 0.717) is 6.54 Å². The Kier molecular flexibility index (Phi) is 4.73. The standard InChI is InChI=1S/C13H17NO2S/c1-4-10-14(17(3,15)16)11-13-8-6-12(5-2)7-9-13/h1,6-9H,5,10-11H2,2-3H3. The van der Waals surface area contributed by atoms with Gasteiger partial charge in [0.15, 0.2) is 0 Å². The van der Waals surface area contributed by atoms with Crippen molar-refractivity contribution >= 4 is 10.0 Å². The van der Waals surface area contributed by atoms with E-state index in [1.807, 2.05) is 24.3 Å². The number of rotatable bonds is 5. The Bertz CT molecular complexity index is 497. The summed E-state index contributed by atoms with van der Waals surface area (Å²) in [5.74, 6) is 2.36. The molecule has 0 N–H and O–H groups in total. The van der Waals surface area contributed by atoms with E-state index in [2.05, 4.69) is 12.8 Å². The van der Waals surface area contributed by atoms with Crippen molar-refractivity contribution in [2.45, 2.75) is 19.9 Å². The highest BCUT2D eigenvalue weighted by atomic mass is 32.2. The van der Waals surface area contributed by atoms with Crippen LogP contribution in [0, 0.1) is 12.3 Å². The minimum atomic E-state index is -3.25. The van der Waals surface area contributed by atoms with Gasteiger partial charge >= 0.3 is 0 Å². The first kappa shape index (κ1) is 13.8. The Labute approximate surface area is 104 Å². The van der Waals surface area contributed by atoms with Crippen molar-refractivity contribution in [3.8, 4) is 12.3 Å². The topological polar surface area (TPSA) is 37.4 Å². The van der Waals surface area contributed by atoms with E-state index in [0.717, 1.165) is 12.0 Å². The zero-order valence-electron chi connectivity index (χ0n) is 10.2. The fourth-order valence-corrected chi connectivity index (χ4v) is 2.17. The molecule has 1 rings (SSSR count). The molecule has 92 valence electrons. The summed E-state index contributed by atoms with van der Waals surface area (Å²) in [6, 6.07) is 7.89. The summed E-state index contributed by atoms with van der Waals surface area (Å²) >= 11 is 0. The van der Waals surface area contributed by atoms with Gasteiger partial charge in [-0.25, -0.2) is 8.42 Å². The first-order chi connectivity index (χ1) is 7.97. The van der Waals surface area contributed by atoms with Crippen molar-refractivity contribution in [2.75, 3.05) is 12.8 Å². The summed E-state index contributed by atoms with van der Waals surface area (Å²) in [7, 11) is -3.25. The van der Waals surface area contributed by atoms with E-state index >= 15 is 0 Å². The summed E-state index contributed by atoms with van der Waals surface area (Å²) < 4.78 is 24.2. The largest absolute Gasteiger partial charge is 0.212 e. The number of terminal acetylenes is 1. The highest BCUT2D eigenvalue weighted by molar-refractivity contribution is 7.88.